The van der Waals surface area contributed by atoms with Crippen LogP contribution in [0.15, 0.2) is 36.4 Å². The Hall–Kier alpha value is -2.91. The van der Waals surface area contributed by atoms with Gasteiger partial charge in [-0.1, -0.05) is 6.92 Å². The molecular formula is C19H25N5O4. The highest BCUT2D eigenvalue weighted by Crippen LogP contribution is 2.28. The lowest BCUT2D eigenvalue weighted by Crippen LogP contribution is -2.36. The molecule has 150 valence electrons. The number of anilines is 4. The fourth-order valence-corrected chi connectivity index (χ4v) is 2.97. The zero-order chi connectivity index (χ0) is 19.9. The second-order valence-corrected chi connectivity index (χ2v) is 6.52. The molecule has 2 heterocycles. The Morgan fingerprint density at radius 1 is 1.25 bits per heavy atom. The standard InChI is InChI=1S/C19H25N5O4/c1-2-14(13-25)20-18-8-7-17(24(26)27)19(22-18)21-15-3-5-16(6-4-15)23-9-11-28-12-10-23/h3-8,14,25H,2,9-13H2,1H3,(H2,20,21,22). The maximum absolute atomic E-state index is 11.4. The summed E-state index contributed by atoms with van der Waals surface area (Å²) in [7, 11) is 0. The fourth-order valence-electron chi connectivity index (χ4n) is 2.97. The third-order valence-corrected chi connectivity index (χ3v) is 4.64. The molecule has 0 saturated carbocycles. The van der Waals surface area contributed by atoms with E-state index < -0.39 is 4.92 Å². The van der Waals surface area contributed by atoms with Gasteiger partial charge in [-0.2, -0.15) is 0 Å². The molecule has 0 spiro atoms. The number of hydrogen-bond acceptors (Lipinski definition) is 8. The lowest BCUT2D eigenvalue weighted by molar-refractivity contribution is -0.384. The van der Waals surface area contributed by atoms with Crippen LogP contribution in [0.1, 0.15) is 13.3 Å². The van der Waals surface area contributed by atoms with Crippen LogP contribution in [0.2, 0.25) is 0 Å². The Balaban J connectivity index is 1.78. The van der Waals surface area contributed by atoms with E-state index >= 15 is 0 Å². The molecule has 3 rings (SSSR count). The number of aliphatic hydroxyl groups is 1. The molecule has 1 aliphatic heterocycles. The van der Waals surface area contributed by atoms with Crippen molar-refractivity contribution in [2.24, 2.45) is 0 Å². The van der Waals surface area contributed by atoms with Crippen LogP contribution in [0.5, 0.6) is 0 Å². The number of pyridine rings is 1. The van der Waals surface area contributed by atoms with Crippen LogP contribution in [0.25, 0.3) is 0 Å². The van der Waals surface area contributed by atoms with Crippen LogP contribution >= 0.6 is 0 Å². The van der Waals surface area contributed by atoms with Crippen molar-refractivity contribution in [2.45, 2.75) is 19.4 Å². The summed E-state index contributed by atoms with van der Waals surface area (Å²) in [6, 6.07) is 10.5. The number of aromatic nitrogens is 1. The molecule has 0 amide bonds. The molecule has 1 aromatic heterocycles. The normalized spacial score (nSPS) is 15.1. The molecule has 2 aromatic rings. The minimum atomic E-state index is -0.468. The predicted molar refractivity (Wildman–Crippen MR) is 108 cm³/mol. The van der Waals surface area contributed by atoms with Crippen LogP contribution in [-0.4, -0.2) is 54.0 Å². The molecule has 0 aliphatic carbocycles. The Kier molecular flexibility index (Phi) is 6.62. The van der Waals surface area contributed by atoms with Crippen molar-refractivity contribution in [3.05, 3.63) is 46.5 Å². The minimum Gasteiger partial charge on any atom is -0.394 e. The molecule has 0 radical (unpaired) electrons. The molecule has 1 atom stereocenters. The van der Waals surface area contributed by atoms with Gasteiger partial charge in [-0.05, 0) is 36.8 Å². The number of nitro groups is 1. The van der Waals surface area contributed by atoms with Crippen molar-refractivity contribution in [3.8, 4) is 0 Å². The van der Waals surface area contributed by atoms with Gasteiger partial charge in [0, 0.05) is 30.5 Å². The first-order valence-corrected chi connectivity index (χ1v) is 9.33. The highest BCUT2D eigenvalue weighted by Gasteiger charge is 2.18. The molecule has 1 unspecified atom stereocenters. The van der Waals surface area contributed by atoms with E-state index in [4.69, 9.17) is 4.74 Å². The van der Waals surface area contributed by atoms with Gasteiger partial charge in [0.15, 0.2) is 0 Å². The summed E-state index contributed by atoms with van der Waals surface area (Å²) in [6.07, 6.45) is 0.709. The average Bonchev–Trinajstić information content (AvgIpc) is 2.73. The van der Waals surface area contributed by atoms with Crippen LogP contribution < -0.4 is 15.5 Å². The number of aliphatic hydroxyl groups excluding tert-OH is 1. The maximum atomic E-state index is 11.4. The van der Waals surface area contributed by atoms with Crippen molar-refractivity contribution < 1.29 is 14.8 Å². The summed E-state index contributed by atoms with van der Waals surface area (Å²) in [4.78, 5) is 17.5. The third kappa shape index (κ3) is 4.87. The van der Waals surface area contributed by atoms with Crippen LogP contribution in [0.4, 0.5) is 28.7 Å². The second-order valence-electron chi connectivity index (χ2n) is 6.52. The summed E-state index contributed by atoms with van der Waals surface area (Å²) in [5.74, 6) is 0.626. The molecule has 1 aromatic carbocycles. The van der Waals surface area contributed by atoms with Crippen molar-refractivity contribution >= 4 is 28.7 Å². The number of nitrogens with zero attached hydrogens (tertiary/aromatic N) is 3. The Bertz CT molecular complexity index is 789. The molecule has 1 aliphatic rings. The van der Waals surface area contributed by atoms with E-state index in [1.165, 1.54) is 6.07 Å². The summed E-state index contributed by atoms with van der Waals surface area (Å²) in [6.45, 7) is 5.01. The first kappa shape index (κ1) is 19.8. The van der Waals surface area contributed by atoms with Gasteiger partial charge in [0.2, 0.25) is 5.82 Å². The van der Waals surface area contributed by atoms with Gasteiger partial charge in [0.05, 0.1) is 30.8 Å². The second kappa shape index (κ2) is 9.34. The minimum absolute atomic E-state index is 0.0407. The van der Waals surface area contributed by atoms with Gasteiger partial charge in [0.1, 0.15) is 5.82 Å². The van der Waals surface area contributed by atoms with Gasteiger partial charge in [0.25, 0.3) is 0 Å². The van der Waals surface area contributed by atoms with E-state index in [9.17, 15) is 15.2 Å². The number of morpholine rings is 1. The van der Waals surface area contributed by atoms with Gasteiger partial charge in [-0.3, -0.25) is 10.1 Å². The lowest BCUT2D eigenvalue weighted by atomic mass is 10.2. The zero-order valence-corrected chi connectivity index (χ0v) is 15.8. The number of hydrogen-bond donors (Lipinski definition) is 3. The van der Waals surface area contributed by atoms with E-state index in [-0.39, 0.29) is 24.2 Å². The Morgan fingerprint density at radius 2 is 1.96 bits per heavy atom. The van der Waals surface area contributed by atoms with E-state index in [1.807, 2.05) is 31.2 Å². The molecule has 3 N–H and O–H groups in total. The van der Waals surface area contributed by atoms with E-state index in [2.05, 4.69) is 20.5 Å². The predicted octanol–water partition coefficient (Wildman–Crippen LogP) is 2.75. The smallest absolute Gasteiger partial charge is 0.311 e. The van der Waals surface area contributed by atoms with E-state index in [1.54, 1.807) is 6.07 Å². The molecule has 1 saturated heterocycles. The zero-order valence-electron chi connectivity index (χ0n) is 15.8. The van der Waals surface area contributed by atoms with E-state index in [0.29, 0.717) is 31.1 Å². The molecule has 28 heavy (non-hydrogen) atoms. The van der Waals surface area contributed by atoms with Crippen molar-refractivity contribution in [3.63, 3.8) is 0 Å². The summed E-state index contributed by atoms with van der Waals surface area (Å²) < 4.78 is 5.37. The summed E-state index contributed by atoms with van der Waals surface area (Å²) in [5.41, 5.74) is 1.68. The van der Waals surface area contributed by atoms with Gasteiger partial charge < -0.3 is 25.4 Å². The molecule has 9 nitrogen and oxygen atoms in total. The monoisotopic (exact) mass is 387 g/mol. The molecular weight excluding hydrogens is 362 g/mol. The largest absolute Gasteiger partial charge is 0.394 e. The van der Waals surface area contributed by atoms with E-state index in [0.717, 1.165) is 18.8 Å². The topological polar surface area (TPSA) is 113 Å². The average molecular weight is 387 g/mol. The quantitative estimate of drug-likeness (QED) is 0.468. The molecule has 1 fully saturated rings. The first-order chi connectivity index (χ1) is 13.6. The Labute approximate surface area is 163 Å². The van der Waals surface area contributed by atoms with Crippen LogP contribution in [0.3, 0.4) is 0 Å². The number of rotatable bonds is 8. The lowest BCUT2D eigenvalue weighted by Gasteiger charge is -2.28. The van der Waals surface area contributed by atoms with Crippen molar-refractivity contribution in [2.75, 3.05) is 48.4 Å². The van der Waals surface area contributed by atoms with Crippen LogP contribution in [0, 0.1) is 10.1 Å². The van der Waals surface area contributed by atoms with Crippen LogP contribution in [-0.2, 0) is 4.74 Å². The molecule has 9 heteroatoms. The molecule has 0 bridgehead atoms. The number of nitrogens with one attached hydrogen (secondary N) is 2. The highest BCUT2D eigenvalue weighted by molar-refractivity contribution is 5.69. The van der Waals surface area contributed by atoms with Crippen molar-refractivity contribution in [1.29, 1.82) is 0 Å². The maximum Gasteiger partial charge on any atom is 0.311 e. The summed E-state index contributed by atoms with van der Waals surface area (Å²) in [5, 5.41) is 26.8. The SMILES string of the molecule is CCC(CO)Nc1ccc([N+](=O)[O-])c(Nc2ccc(N3CCOCC3)cc2)n1. The third-order valence-electron chi connectivity index (χ3n) is 4.64. The fraction of sp³-hybridized carbons (Fsp3) is 0.421. The van der Waals surface area contributed by atoms with Gasteiger partial charge >= 0.3 is 5.69 Å². The Morgan fingerprint density at radius 3 is 2.57 bits per heavy atom. The van der Waals surface area contributed by atoms with Gasteiger partial charge in [-0.15, -0.1) is 0 Å². The number of benzene rings is 1. The van der Waals surface area contributed by atoms with Crippen molar-refractivity contribution in [1.82, 2.24) is 4.98 Å². The first-order valence-electron chi connectivity index (χ1n) is 9.33. The van der Waals surface area contributed by atoms with Gasteiger partial charge in [-0.25, -0.2) is 4.98 Å². The number of ether oxygens (including phenoxy) is 1. The highest BCUT2D eigenvalue weighted by atomic mass is 16.6. The summed E-state index contributed by atoms with van der Waals surface area (Å²) >= 11 is 0.